The first kappa shape index (κ1) is 24.5. The number of piperidine rings is 1. The smallest absolute Gasteiger partial charge is 0.239 e. The molecule has 182 valence electrons. The standard InChI is InChI=1S/C26H35N5O2S/c1-18-19(2)31(21-6-3-4-7-21)25(23(18)16-27)29-24(32)17-30-13-10-20(11-14-30)26(33)28-12-9-22-8-5-15-34-22/h5,8,15,20-21H,3-4,6-7,9-14,17H2,1-2H3,(H,28,33)(H,29,32). The molecule has 0 atom stereocenters. The number of nitriles is 1. The zero-order valence-electron chi connectivity index (χ0n) is 20.2. The van der Waals surface area contributed by atoms with Gasteiger partial charge in [0.1, 0.15) is 11.9 Å². The average molecular weight is 482 g/mol. The maximum Gasteiger partial charge on any atom is 0.239 e. The van der Waals surface area contributed by atoms with Crippen molar-refractivity contribution in [3.05, 3.63) is 39.2 Å². The van der Waals surface area contributed by atoms with Gasteiger partial charge in [-0.1, -0.05) is 18.9 Å². The van der Waals surface area contributed by atoms with Crippen LogP contribution in [0.5, 0.6) is 0 Å². The molecule has 2 fully saturated rings. The van der Waals surface area contributed by atoms with E-state index in [0.29, 0.717) is 24.0 Å². The second-order valence-electron chi connectivity index (χ2n) is 9.57. The SMILES string of the molecule is Cc1c(C#N)c(NC(=O)CN2CCC(C(=O)NCCc3cccs3)CC2)n(C2CCCC2)c1C. The Morgan fingerprint density at radius 2 is 1.91 bits per heavy atom. The van der Waals surface area contributed by atoms with Gasteiger partial charge in [-0.2, -0.15) is 5.26 Å². The molecular formula is C26H35N5O2S. The minimum absolute atomic E-state index is 0.0118. The fourth-order valence-electron chi connectivity index (χ4n) is 5.34. The highest BCUT2D eigenvalue weighted by Crippen LogP contribution is 2.37. The summed E-state index contributed by atoms with van der Waals surface area (Å²) in [6, 6.07) is 6.78. The lowest BCUT2D eigenvalue weighted by molar-refractivity contribution is -0.126. The van der Waals surface area contributed by atoms with E-state index in [1.807, 2.05) is 19.9 Å². The number of anilines is 1. The fraction of sp³-hybridized carbons (Fsp3) is 0.577. The molecule has 0 aromatic carbocycles. The molecule has 1 aliphatic heterocycles. The number of likely N-dealkylation sites (tertiary alicyclic amines) is 1. The molecule has 2 amide bonds. The Bertz CT molecular complexity index is 1040. The Labute approximate surface area is 206 Å². The van der Waals surface area contributed by atoms with Gasteiger partial charge in [0.2, 0.25) is 11.8 Å². The van der Waals surface area contributed by atoms with Crippen LogP contribution in [0.3, 0.4) is 0 Å². The molecule has 34 heavy (non-hydrogen) atoms. The molecule has 8 heteroatoms. The van der Waals surface area contributed by atoms with E-state index in [1.165, 1.54) is 17.7 Å². The monoisotopic (exact) mass is 481 g/mol. The largest absolute Gasteiger partial charge is 0.355 e. The molecule has 0 radical (unpaired) electrons. The van der Waals surface area contributed by atoms with E-state index >= 15 is 0 Å². The Morgan fingerprint density at radius 3 is 2.56 bits per heavy atom. The molecule has 7 nitrogen and oxygen atoms in total. The van der Waals surface area contributed by atoms with Crippen LogP contribution < -0.4 is 10.6 Å². The molecular weight excluding hydrogens is 446 g/mol. The van der Waals surface area contributed by atoms with Crippen molar-refractivity contribution >= 4 is 29.0 Å². The number of nitrogens with zero attached hydrogens (tertiary/aromatic N) is 3. The minimum atomic E-state index is -0.0907. The Balaban J connectivity index is 1.28. The third kappa shape index (κ3) is 5.53. The summed E-state index contributed by atoms with van der Waals surface area (Å²) < 4.78 is 2.19. The first-order chi connectivity index (χ1) is 16.5. The van der Waals surface area contributed by atoms with Crippen LogP contribution in [0.2, 0.25) is 0 Å². The summed E-state index contributed by atoms with van der Waals surface area (Å²) >= 11 is 1.71. The topological polar surface area (TPSA) is 90.2 Å². The van der Waals surface area contributed by atoms with Crippen molar-refractivity contribution in [1.29, 1.82) is 5.26 Å². The van der Waals surface area contributed by atoms with Gasteiger partial charge in [-0.25, -0.2) is 0 Å². The Morgan fingerprint density at radius 1 is 1.18 bits per heavy atom. The average Bonchev–Trinajstić information content (AvgIpc) is 3.58. The Kier molecular flexibility index (Phi) is 8.07. The molecule has 2 N–H and O–H groups in total. The van der Waals surface area contributed by atoms with Crippen LogP contribution in [-0.2, 0) is 16.0 Å². The van der Waals surface area contributed by atoms with E-state index in [2.05, 4.69) is 37.6 Å². The first-order valence-electron chi connectivity index (χ1n) is 12.4. The molecule has 1 saturated heterocycles. The second-order valence-corrected chi connectivity index (χ2v) is 10.6. The summed E-state index contributed by atoms with van der Waals surface area (Å²) in [4.78, 5) is 28.9. The van der Waals surface area contributed by atoms with E-state index in [4.69, 9.17) is 0 Å². The number of hydrogen-bond donors (Lipinski definition) is 2. The van der Waals surface area contributed by atoms with Gasteiger partial charge in [-0.15, -0.1) is 11.3 Å². The summed E-state index contributed by atoms with van der Waals surface area (Å²) in [6.07, 6.45) is 6.95. The van der Waals surface area contributed by atoms with Gasteiger partial charge in [0.05, 0.1) is 12.1 Å². The van der Waals surface area contributed by atoms with Crippen LogP contribution in [0, 0.1) is 31.1 Å². The summed E-state index contributed by atoms with van der Waals surface area (Å²) in [5.74, 6) is 0.707. The van der Waals surface area contributed by atoms with E-state index in [1.54, 1.807) is 11.3 Å². The van der Waals surface area contributed by atoms with E-state index in [-0.39, 0.29) is 24.3 Å². The number of nitrogens with one attached hydrogen (secondary N) is 2. The van der Waals surface area contributed by atoms with Crippen LogP contribution >= 0.6 is 11.3 Å². The predicted octanol–water partition coefficient (Wildman–Crippen LogP) is 4.16. The lowest BCUT2D eigenvalue weighted by atomic mass is 9.96. The molecule has 1 saturated carbocycles. The third-order valence-corrected chi connectivity index (χ3v) is 8.33. The zero-order valence-corrected chi connectivity index (χ0v) is 21.0. The van der Waals surface area contributed by atoms with Crippen molar-refractivity contribution in [2.75, 3.05) is 31.5 Å². The quantitative estimate of drug-likeness (QED) is 0.592. The molecule has 0 bridgehead atoms. The summed E-state index contributed by atoms with van der Waals surface area (Å²) in [5, 5.41) is 17.9. The van der Waals surface area contributed by atoms with Crippen LogP contribution in [0.4, 0.5) is 5.82 Å². The number of hydrogen-bond acceptors (Lipinski definition) is 5. The van der Waals surface area contributed by atoms with Gasteiger partial charge in [0.25, 0.3) is 0 Å². The van der Waals surface area contributed by atoms with Crippen molar-refractivity contribution in [3.63, 3.8) is 0 Å². The van der Waals surface area contributed by atoms with Crippen molar-refractivity contribution in [2.45, 2.75) is 64.8 Å². The van der Waals surface area contributed by atoms with Crippen molar-refractivity contribution in [3.8, 4) is 6.07 Å². The van der Waals surface area contributed by atoms with Gasteiger partial charge >= 0.3 is 0 Å². The highest BCUT2D eigenvalue weighted by atomic mass is 32.1. The number of rotatable bonds is 8. The van der Waals surface area contributed by atoms with Crippen molar-refractivity contribution < 1.29 is 9.59 Å². The molecule has 2 aromatic heterocycles. The number of amides is 2. The molecule has 2 aliphatic rings. The molecule has 0 unspecified atom stereocenters. The molecule has 2 aromatic rings. The fourth-order valence-corrected chi connectivity index (χ4v) is 6.05. The summed E-state index contributed by atoms with van der Waals surface area (Å²) in [7, 11) is 0. The van der Waals surface area contributed by atoms with Gasteiger partial charge < -0.3 is 15.2 Å². The van der Waals surface area contributed by atoms with E-state index in [0.717, 1.165) is 56.5 Å². The van der Waals surface area contributed by atoms with Gasteiger partial charge in [0.15, 0.2) is 0 Å². The summed E-state index contributed by atoms with van der Waals surface area (Å²) in [5.41, 5.74) is 2.61. The number of carbonyl (C=O) groups excluding carboxylic acids is 2. The third-order valence-electron chi connectivity index (χ3n) is 7.39. The summed E-state index contributed by atoms with van der Waals surface area (Å²) in [6.45, 7) is 6.41. The maximum atomic E-state index is 13.0. The first-order valence-corrected chi connectivity index (χ1v) is 13.3. The van der Waals surface area contributed by atoms with Crippen LogP contribution in [0.15, 0.2) is 17.5 Å². The molecule has 4 rings (SSSR count). The minimum Gasteiger partial charge on any atom is -0.355 e. The number of thiophene rings is 1. The van der Waals surface area contributed by atoms with Gasteiger partial charge in [0, 0.05) is 29.1 Å². The lowest BCUT2D eigenvalue weighted by Gasteiger charge is -2.30. The lowest BCUT2D eigenvalue weighted by Crippen LogP contribution is -2.43. The van der Waals surface area contributed by atoms with E-state index < -0.39 is 0 Å². The highest BCUT2D eigenvalue weighted by molar-refractivity contribution is 7.09. The van der Waals surface area contributed by atoms with Crippen LogP contribution in [-0.4, -0.2) is 47.5 Å². The van der Waals surface area contributed by atoms with Gasteiger partial charge in [-0.05, 0) is 76.1 Å². The highest BCUT2D eigenvalue weighted by Gasteiger charge is 2.29. The molecule has 0 spiro atoms. The number of carbonyl (C=O) groups is 2. The molecule has 3 heterocycles. The number of aromatic nitrogens is 1. The van der Waals surface area contributed by atoms with Gasteiger partial charge in [-0.3, -0.25) is 14.5 Å². The zero-order chi connectivity index (χ0) is 24.1. The van der Waals surface area contributed by atoms with Crippen molar-refractivity contribution in [2.24, 2.45) is 5.92 Å². The van der Waals surface area contributed by atoms with Crippen LogP contribution in [0.1, 0.15) is 66.3 Å². The molecule has 1 aliphatic carbocycles. The predicted molar refractivity (Wildman–Crippen MR) is 135 cm³/mol. The van der Waals surface area contributed by atoms with Crippen molar-refractivity contribution in [1.82, 2.24) is 14.8 Å². The van der Waals surface area contributed by atoms with Crippen LogP contribution in [0.25, 0.3) is 0 Å². The Hall–Kier alpha value is -2.63. The second kappa shape index (κ2) is 11.2. The van der Waals surface area contributed by atoms with E-state index in [9.17, 15) is 14.9 Å². The normalized spacial score (nSPS) is 17.6. The maximum absolute atomic E-state index is 13.0.